The van der Waals surface area contributed by atoms with Crippen molar-refractivity contribution in [3.8, 4) is 5.75 Å². The van der Waals surface area contributed by atoms with Crippen LogP contribution in [0.4, 0.5) is 11.4 Å². The molecule has 2 aromatic rings. The highest BCUT2D eigenvalue weighted by atomic mass is 16.5. The number of nitrogens with zero attached hydrogens (tertiary/aromatic N) is 1. The molecule has 0 aromatic heterocycles. The molecule has 0 fully saturated rings. The van der Waals surface area contributed by atoms with Gasteiger partial charge in [-0.25, -0.2) is 4.79 Å². The maximum Gasteiger partial charge on any atom is 0.339 e. The van der Waals surface area contributed by atoms with E-state index >= 15 is 0 Å². The second kappa shape index (κ2) is 7.95. The molecule has 2 aromatic carbocycles. The van der Waals surface area contributed by atoms with Gasteiger partial charge in [-0.3, -0.25) is 14.5 Å². The molecule has 0 radical (unpaired) electrons. The van der Waals surface area contributed by atoms with Crippen LogP contribution < -0.4 is 15.0 Å². The van der Waals surface area contributed by atoms with Gasteiger partial charge in [-0.1, -0.05) is 39.0 Å². The third-order valence-electron chi connectivity index (χ3n) is 4.68. The lowest BCUT2D eigenvalue weighted by Crippen LogP contribution is -2.43. The molecular formula is C22H24N2O5. The summed E-state index contributed by atoms with van der Waals surface area (Å²) in [6, 6.07) is 12.2. The molecule has 7 nitrogen and oxygen atoms in total. The zero-order valence-corrected chi connectivity index (χ0v) is 16.9. The first-order chi connectivity index (χ1) is 13.7. The second-order valence-electron chi connectivity index (χ2n) is 7.79. The van der Waals surface area contributed by atoms with Crippen molar-refractivity contribution >= 4 is 29.2 Å². The van der Waals surface area contributed by atoms with E-state index in [2.05, 4.69) is 26.1 Å². The van der Waals surface area contributed by atoms with Crippen molar-refractivity contribution < 1.29 is 23.9 Å². The number of hydrogen-bond donors (Lipinski definition) is 1. The van der Waals surface area contributed by atoms with Gasteiger partial charge in [-0.15, -0.1) is 0 Å². The van der Waals surface area contributed by atoms with E-state index in [1.807, 2.05) is 12.1 Å². The smallest absolute Gasteiger partial charge is 0.339 e. The van der Waals surface area contributed by atoms with Crippen molar-refractivity contribution in [2.45, 2.75) is 26.2 Å². The Balaban J connectivity index is 1.82. The number of hydrogen-bond acceptors (Lipinski definition) is 5. The van der Waals surface area contributed by atoms with Crippen molar-refractivity contribution in [2.75, 3.05) is 30.5 Å². The van der Waals surface area contributed by atoms with Crippen LogP contribution in [0.3, 0.4) is 0 Å². The van der Waals surface area contributed by atoms with Gasteiger partial charge in [-0.05, 0) is 35.2 Å². The van der Waals surface area contributed by atoms with Gasteiger partial charge >= 0.3 is 5.97 Å². The summed E-state index contributed by atoms with van der Waals surface area (Å²) in [7, 11) is 1.27. The summed E-state index contributed by atoms with van der Waals surface area (Å²) in [5.41, 5.74) is 2.12. The number of amides is 2. The van der Waals surface area contributed by atoms with Crippen LogP contribution in [-0.2, 0) is 19.7 Å². The lowest BCUT2D eigenvalue weighted by Gasteiger charge is -2.30. The zero-order valence-electron chi connectivity index (χ0n) is 16.9. The average molecular weight is 396 g/mol. The van der Waals surface area contributed by atoms with Gasteiger partial charge in [0.05, 0.1) is 24.0 Å². The van der Waals surface area contributed by atoms with Crippen molar-refractivity contribution in [1.29, 1.82) is 0 Å². The van der Waals surface area contributed by atoms with Crippen molar-refractivity contribution in [1.82, 2.24) is 0 Å². The topological polar surface area (TPSA) is 84.9 Å². The molecule has 1 aliphatic rings. The number of rotatable bonds is 4. The van der Waals surface area contributed by atoms with E-state index in [1.54, 1.807) is 30.3 Å². The number of para-hydroxylation sites is 1. The Kier molecular flexibility index (Phi) is 5.59. The predicted molar refractivity (Wildman–Crippen MR) is 109 cm³/mol. The van der Waals surface area contributed by atoms with E-state index in [-0.39, 0.29) is 30.0 Å². The lowest BCUT2D eigenvalue weighted by molar-refractivity contribution is -0.123. The van der Waals surface area contributed by atoms with Gasteiger partial charge in [0, 0.05) is 0 Å². The normalized spacial score (nSPS) is 13.4. The first kappa shape index (κ1) is 20.4. The molecule has 0 aliphatic carbocycles. The van der Waals surface area contributed by atoms with Crippen LogP contribution in [0.25, 0.3) is 0 Å². The van der Waals surface area contributed by atoms with Crippen LogP contribution in [0.15, 0.2) is 42.5 Å². The standard InChI is InChI=1S/C22H24N2O5/c1-22(2,3)14-9-10-17-18(11-14)29-13-20(26)24(17)12-19(25)23-16-8-6-5-7-15(16)21(27)28-4/h5-11H,12-13H2,1-4H3,(H,23,25). The van der Waals surface area contributed by atoms with Crippen LogP contribution in [-0.4, -0.2) is 38.0 Å². The van der Waals surface area contributed by atoms with E-state index < -0.39 is 11.9 Å². The third-order valence-corrected chi connectivity index (χ3v) is 4.68. The highest BCUT2D eigenvalue weighted by Gasteiger charge is 2.29. The Hall–Kier alpha value is -3.35. The minimum Gasteiger partial charge on any atom is -0.482 e. The summed E-state index contributed by atoms with van der Waals surface area (Å²) < 4.78 is 10.3. The molecule has 2 amide bonds. The highest BCUT2D eigenvalue weighted by Crippen LogP contribution is 2.36. The Morgan fingerprint density at radius 3 is 2.59 bits per heavy atom. The second-order valence-corrected chi connectivity index (χ2v) is 7.79. The average Bonchev–Trinajstić information content (AvgIpc) is 2.69. The molecule has 152 valence electrons. The van der Waals surface area contributed by atoms with E-state index in [0.717, 1.165) is 5.56 Å². The number of esters is 1. The number of anilines is 2. The number of ether oxygens (including phenoxy) is 2. The molecule has 3 rings (SSSR count). The van der Waals surface area contributed by atoms with Crippen molar-refractivity contribution in [2.24, 2.45) is 0 Å². The van der Waals surface area contributed by atoms with Crippen LogP contribution in [0.1, 0.15) is 36.7 Å². The highest BCUT2D eigenvalue weighted by molar-refractivity contribution is 6.07. The van der Waals surface area contributed by atoms with Crippen LogP contribution in [0, 0.1) is 0 Å². The molecule has 0 bridgehead atoms. The van der Waals surface area contributed by atoms with Crippen LogP contribution >= 0.6 is 0 Å². The minimum atomic E-state index is -0.552. The SMILES string of the molecule is COC(=O)c1ccccc1NC(=O)CN1C(=O)COc2cc(C(C)(C)C)ccc21. The zero-order chi connectivity index (χ0) is 21.2. The molecule has 0 saturated carbocycles. The van der Waals surface area contributed by atoms with Crippen LogP contribution in [0.2, 0.25) is 0 Å². The number of carbonyl (C=O) groups is 3. The summed E-state index contributed by atoms with van der Waals surface area (Å²) in [6.07, 6.45) is 0. The third kappa shape index (κ3) is 4.39. The summed E-state index contributed by atoms with van der Waals surface area (Å²) in [4.78, 5) is 38.3. The molecule has 0 saturated heterocycles. The maximum atomic E-state index is 12.6. The Labute approximate surface area is 169 Å². The van der Waals surface area contributed by atoms with Crippen LogP contribution in [0.5, 0.6) is 5.75 Å². The van der Waals surface area contributed by atoms with Gasteiger partial charge in [0.15, 0.2) is 6.61 Å². The molecule has 0 atom stereocenters. The Morgan fingerprint density at radius 2 is 1.90 bits per heavy atom. The van der Waals surface area contributed by atoms with E-state index in [4.69, 9.17) is 9.47 Å². The lowest BCUT2D eigenvalue weighted by atomic mass is 9.86. The quantitative estimate of drug-likeness (QED) is 0.803. The van der Waals surface area contributed by atoms with Gasteiger partial charge in [-0.2, -0.15) is 0 Å². The van der Waals surface area contributed by atoms with Gasteiger partial charge < -0.3 is 14.8 Å². The summed E-state index contributed by atoms with van der Waals surface area (Å²) in [6.45, 7) is 5.94. The molecule has 7 heteroatoms. The number of methoxy groups -OCH3 is 1. The van der Waals surface area contributed by atoms with Gasteiger partial charge in [0.2, 0.25) is 5.91 Å². The number of benzene rings is 2. The molecule has 1 heterocycles. The monoisotopic (exact) mass is 396 g/mol. The number of nitrogens with one attached hydrogen (secondary N) is 1. The first-order valence-electron chi connectivity index (χ1n) is 9.25. The number of carbonyl (C=O) groups excluding carboxylic acids is 3. The minimum absolute atomic E-state index is 0.0698. The fraction of sp³-hybridized carbons (Fsp3) is 0.318. The van der Waals surface area contributed by atoms with E-state index in [9.17, 15) is 14.4 Å². The fourth-order valence-electron chi connectivity index (χ4n) is 3.06. The largest absolute Gasteiger partial charge is 0.482 e. The molecular weight excluding hydrogens is 372 g/mol. The van der Waals surface area contributed by atoms with Crippen molar-refractivity contribution in [3.05, 3.63) is 53.6 Å². The van der Waals surface area contributed by atoms with E-state index in [0.29, 0.717) is 17.1 Å². The maximum absolute atomic E-state index is 12.6. The molecule has 1 aliphatic heterocycles. The van der Waals surface area contributed by atoms with Gasteiger partial charge in [0.25, 0.3) is 5.91 Å². The first-order valence-corrected chi connectivity index (χ1v) is 9.25. The Bertz CT molecular complexity index is 962. The molecule has 29 heavy (non-hydrogen) atoms. The predicted octanol–water partition coefficient (Wildman–Crippen LogP) is 3.13. The molecule has 0 spiro atoms. The Morgan fingerprint density at radius 1 is 1.17 bits per heavy atom. The van der Waals surface area contributed by atoms with Crippen molar-refractivity contribution in [3.63, 3.8) is 0 Å². The molecule has 1 N–H and O–H groups in total. The molecule has 0 unspecified atom stereocenters. The number of fused-ring (bicyclic) bond motifs is 1. The summed E-state index contributed by atoms with van der Waals surface area (Å²) >= 11 is 0. The summed E-state index contributed by atoms with van der Waals surface area (Å²) in [5, 5.41) is 2.69. The van der Waals surface area contributed by atoms with Gasteiger partial charge in [0.1, 0.15) is 12.3 Å². The fourth-order valence-corrected chi connectivity index (χ4v) is 3.06. The van der Waals surface area contributed by atoms with E-state index in [1.165, 1.54) is 12.0 Å². The summed E-state index contributed by atoms with van der Waals surface area (Å²) in [5.74, 6) is -0.719.